The first kappa shape index (κ1) is 27.1. The van der Waals surface area contributed by atoms with Crippen molar-refractivity contribution in [1.82, 2.24) is 4.90 Å². The number of rotatable bonds is 12. The van der Waals surface area contributed by atoms with Crippen molar-refractivity contribution < 1.29 is 17.9 Å². The fourth-order valence-electron chi connectivity index (χ4n) is 3.94. The van der Waals surface area contributed by atoms with Gasteiger partial charge in [-0.15, -0.1) is 0 Å². The number of carbonyl (C=O) groups is 1. The molecule has 3 rings (SSSR count). The number of ether oxygens (including phenoxy) is 1. The Hall–Kier alpha value is -3.53. The molecule has 1 amide bonds. The molecule has 0 atom stereocenters. The van der Waals surface area contributed by atoms with Crippen molar-refractivity contribution in [3.63, 3.8) is 0 Å². The lowest BCUT2D eigenvalue weighted by Gasteiger charge is -2.23. The maximum absolute atomic E-state index is 13.3. The Labute approximate surface area is 212 Å². The van der Waals surface area contributed by atoms with Crippen LogP contribution >= 0.6 is 0 Å². The number of hydrogen-bond acceptors (Lipinski definition) is 5. The fourth-order valence-corrected chi connectivity index (χ4v) is 4.70. The molecule has 0 aromatic heterocycles. The first-order chi connectivity index (χ1) is 17.2. The van der Waals surface area contributed by atoms with Gasteiger partial charge in [-0.1, -0.05) is 60.7 Å². The molecule has 0 aliphatic carbocycles. The highest BCUT2D eigenvalue weighted by molar-refractivity contribution is 7.89. The number of nitrogens with zero attached hydrogens (tertiary/aromatic N) is 1. The van der Waals surface area contributed by atoms with Gasteiger partial charge in [0.15, 0.2) is 0 Å². The molecule has 36 heavy (non-hydrogen) atoms. The standard InChI is InChI=1S/C27H32N4O4S/c1-35-16-5-4-15-31(19-21-7-6-8-23(17-21)27(28)29)26(32)18-20-11-13-22(14-12-20)24-9-2-3-10-25(24)36(30,33)34/h2-3,6-14,17H,4-5,15-16,18-19H2,1H3,(H3,28,29)(H2,30,33,34). The Balaban J connectivity index is 1.77. The van der Waals surface area contributed by atoms with Crippen molar-refractivity contribution in [3.8, 4) is 11.1 Å². The van der Waals surface area contributed by atoms with Crippen LogP contribution in [0.3, 0.4) is 0 Å². The van der Waals surface area contributed by atoms with E-state index in [1.165, 1.54) is 6.07 Å². The third kappa shape index (κ3) is 7.48. The molecule has 0 bridgehead atoms. The van der Waals surface area contributed by atoms with Crippen molar-refractivity contribution in [1.29, 1.82) is 5.41 Å². The predicted octanol–water partition coefficient (Wildman–Crippen LogP) is 3.28. The summed E-state index contributed by atoms with van der Waals surface area (Å²) in [6, 6.07) is 21.2. The predicted molar refractivity (Wildman–Crippen MR) is 141 cm³/mol. The molecule has 5 N–H and O–H groups in total. The highest BCUT2D eigenvalue weighted by Crippen LogP contribution is 2.27. The van der Waals surface area contributed by atoms with Gasteiger partial charge >= 0.3 is 0 Å². The van der Waals surface area contributed by atoms with Crippen LogP contribution in [-0.4, -0.2) is 45.3 Å². The number of hydrogen-bond donors (Lipinski definition) is 3. The summed E-state index contributed by atoms with van der Waals surface area (Å²) in [6.45, 7) is 1.61. The van der Waals surface area contributed by atoms with Crippen LogP contribution in [-0.2, 0) is 32.5 Å². The van der Waals surface area contributed by atoms with Gasteiger partial charge in [-0.3, -0.25) is 10.2 Å². The molecule has 0 spiro atoms. The molecule has 8 nitrogen and oxygen atoms in total. The lowest BCUT2D eigenvalue weighted by atomic mass is 10.0. The topological polar surface area (TPSA) is 140 Å². The van der Waals surface area contributed by atoms with E-state index in [9.17, 15) is 13.2 Å². The summed E-state index contributed by atoms with van der Waals surface area (Å²) in [5, 5.41) is 13.0. The number of primary sulfonamides is 1. The highest BCUT2D eigenvalue weighted by atomic mass is 32.2. The minimum atomic E-state index is -3.86. The number of nitrogen functional groups attached to an aromatic ring is 1. The molecule has 3 aromatic carbocycles. The number of benzene rings is 3. The van der Waals surface area contributed by atoms with Gasteiger partial charge in [-0.2, -0.15) is 0 Å². The van der Waals surface area contributed by atoms with Crippen LogP contribution in [0.2, 0.25) is 0 Å². The average Bonchev–Trinajstić information content (AvgIpc) is 2.86. The van der Waals surface area contributed by atoms with Gasteiger partial charge in [0.05, 0.1) is 11.3 Å². The minimum Gasteiger partial charge on any atom is -0.385 e. The van der Waals surface area contributed by atoms with Gasteiger partial charge in [0.2, 0.25) is 15.9 Å². The van der Waals surface area contributed by atoms with Crippen LogP contribution in [0.4, 0.5) is 0 Å². The first-order valence-electron chi connectivity index (χ1n) is 11.6. The fraction of sp³-hybridized carbons (Fsp3) is 0.259. The molecular formula is C27H32N4O4S. The number of methoxy groups -OCH3 is 1. The second-order valence-electron chi connectivity index (χ2n) is 8.54. The Morgan fingerprint density at radius 2 is 1.69 bits per heavy atom. The summed E-state index contributed by atoms with van der Waals surface area (Å²) in [5.41, 5.74) is 9.18. The van der Waals surface area contributed by atoms with Crippen LogP contribution in [0.5, 0.6) is 0 Å². The third-order valence-electron chi connectivity index (χ3n) is 5.80. The SMILES string of the molecule is COCCCCN(Cc1cccc(C(=N)N)c1)C(=O)Cc1ccc(-c2ccccc2S(N)(=O)=O)cc1. The Bertz CT molecular complexity index is 1310. The van der Waals surface area contributed by atoms with Crippen molar-refractivity contribution in [2.24, 2.45) is 10.9 Å². The zero-order valence-electron chi connectivity index (χ0n) is 20.3. The van der Waals surface area contributed by atoms with E-state index in [0.717, 1.165) is 24.0 Å². The zero-order valence-corrected chi connectivity index (χ0v) is 21.1. The quantitative estimate of drug-likeness (QED) is 0.196. The molecule has 0 unspecified atom stereocenters. The monoisotopic (exact) mass is 508 g/mol. The maximum atomic E-state index is 13.3. The highest BCUT2D eigenvalue weighted by Gasteiger charge is 2.17. The van der Waals surface area contributed by atoms with Crippen molar-refractivity contribution in [3.05, 3.63) is 89.5 Å². The van der Waals surface area contributed by atoms with E-state index in [1.807, 2.05) is 30.3 Å². The van der Waals surface area contributed by atoms with E-state index in [1.54, 1.807) is 48.4 Å². The molecule has 0 heterocycles. The van der Waals surface area contributed by atoms with Gasteiger partial charge in [0.1, 0.15) is 5.84 Å². The van der Waals surface area contributed by atoms with E-state index in [4.69, 9.17) is 21.0 Å². The zero-order chi connectivity index (χ0) is 26.1. The van der Waals surface area contributed by atoms with Crippen molar-refractivity contribution in [2.75, 3.05) is 20.3 Å². The Morgan fingerprint density at radius 3 is 2.36 bits per heavy atom. The lowest BCUT2D eigenvalue weighted by molar-refractivity contribution is -0.131. The summed E-state index contributed by atoms with van der Waals surface area (Å²) >= 11 is 0. The van der Waals surface area contributed by atoms with Crippen LogP contribution in [0.15, 0.2) is 77.7 Å². The summed E-state index contributed by atoms with van der Waals surface area (Å²) < 4.78 is 29.0. The molecule has 0 saturated carbocycles. The number of nitrogens with two attached hydrogens (primary N) is 2. The minimum absolute atomic E-state index is 0.0149. The lowest BCUT2D eigenvalue weighted by Crippen LogP contribution is -2.33. The molecule has 0 fully saturated rings. The summed E-state index contributed by atoms with van der Waals surface area (Å²) in [6.07, 6.45) is 1.84. The van der Waals surface area contributed by atoms with Crippen LogP contribution in [0.25, 0.3) is 11.1 Å². The van der Waals surface area contributed by atoms with Gasteiger partial charge in [0.25, 0.3) is 0 Å². The van der Waals surface area contributed by atoms with Gasteiger partial charge < -0.3 is 15.4 Å². The number of carbonyl (C=O) groups excluding carboxylic acids is 1. The molecule has 190 valence electrons. The molecule has 0 aliphatic rings. The Morgan fingerprint density at radius 1 is 0.972 bits per heavy atom. The number of amides is 1. The molecule has 9 heteroatoms. The smallest absolute Gasteiger partial charge is 0.238 e. The van der Waals surface area contributed by atoms with Gasteiger partial charge in [0, 0.05) is 37.9 Å². The Kier molecular flexibility index (Phi) is 9.35. The van der Waals surface area contributed by atoms with Crippen LogP contribution in [0, 0.1) is 5.41 Å². The summed E-state index contributed by atoms with van der Waals surface area (Å²) in [5.74, 6) is -0.0442. The van der Waals surface area contributed by atoms with E-state index in [-0.39, 0.29) is 23.1 Å². The number of sulfonamides is 1. The first-order valence-corrected chi connectivity index (χ1v) is 13.1. The maximum Gasteiger partial charge on any atom is 0.238 e. The molecule has 0 radical (unpaired) electrons. The normalized spacial score (nSPS) is 11.3. The molecular weight excluding hydrogens is 476 g/mol. The van der Waals surface area contributed by atoms with E-state index in [0.29, 0.717) is 36.4 Å². The number of amidine groups is 1. The molecule has 0 saturated heterocycles. The largest absolute Gasteiger partial charge is 0.385 e. The van der Waals surface area contributed by atoms with E-state index in [2.05, 4.69) is 0 Å². The summed E-state index contributed by atoms with van der Waals surface area (Å²) in [4.78, 5) is 15.1. The second kappa shape index (κ2) is 12.4. The molecule has 0 aliphatic heterocycles. The van der Waals surface area contributed by atoms with Crippen molar-refractivity contribution in [2.45, 2.75) is 30.7 Å². The van der Waals surface area contributed by atoms with Gasteiger partial charge in [-0.05, 0) is 41.7 Å². The van der Waals surface area contributed by atoms with Crippen LogP contribution in [0.1, 0.15) is 29.5 Å². The van der Waals surface area contributed by atoms with E-state index < -0.39 is 10.0 Å². The number of unbranched alkanes of at least 4 members (excludes halogenated alkanes) is 1. The van der Waals surface area contributed by atoms with Crippen molar-refractivity contribution >= 4 is 21.8 Å². The average molecular weight is 509 g/mol. The summed E-state index contributed by atoms with van der Waals surface area (Å²) in [7, 11) is -2.21. The van der Waals surface area contributed by atoms with E-state index >= 15 is 0 Å². The molecule has 3 aromatic rings. The second-order valence-corrected chi connectivity index (χ2v) is 10.1. The number of nitrogens with one attached hydrogen (secondary N) is 1. The van der Waals surface area contributed by atoms with Gasteiger partial charge in [-0.25, -0.2) is 13.6 Å². The third-order valence-corrected chi connectivity index (χ3v) is 6.77. The van der Waals surface area contributed by atoms with Crippen LogP contribution < -0.4 is 10.9 Å².